The van der Waals surface area contributed by atoms with Crippen LogP contribution in [-0.2, 0) is 4.79 Å². The summed E-state index contributed by atoms with van der Waals surface area (Å²) in [5.74, 6) is -2.56. The SMILES string of the molecule is NC(=O)c1cc2c(c(-c3ccccc3C(=O)C(=O)N=O)c1)OCO2. The molecular formula is C16H10N2O6. The molecule has 1 heterocycles. The number of carbonyl (C=O) groups excluding carboxylic acids is 3. The fourth-order valence-electron chi connectivity index (χ4n) is 2.43. The van der Waals surface area contributed by atoms with E-state index in [1.54, 1.807) is 12.1 Å². The number of nitrogens with two attached hydrogens (primary N) is 1. The Labute approximate surface area is 135 Å². The number of primary amides is 1. The lowest BCUT2D eigenvalue weighted by Gasteiger charge is -2.11. The van der Waals surface area contributed by atoms with E-state index in [0.717, 1.165) is 0 Å². The third-order valence-electron chi connectivity index (χ3n) is 3.50. The van der Waals surface area contributed by atoms with Crippen LogP contribution in [0.15, 0.2) is 41.6 Å². The molecule has 0 saturated carbocycles. The van der Waals surface area contributed by atoms with Gasteiger partial charge in [0, 0.05) is 21.9 Å². The third-order valence-corrected chi connectivity index (χ3v) is 3.50. The number of fused-ring (bicyclic) bond motifs is 1. The fourth-order valence-corrected chi connectivity index (χ4v) is 2.43. The molecule has 0 saturated heterocycles. The Hall–Kier alpha value is -3.55. The van der Waals surface area contributed by atoms with E-state index < -0.39 is 17.6 Å². The Kier molecular flexibility index (Phi) is 3.78. The maximum Gasteiger partial charge on any atom is 0.357 e. The summed E-state index contributed by atoms with van der Waals surface area (Å²) in [6, 6.07) is 8.94. The Morgan fingerprint density at radius 3 is 2.50 bits per heavy atom. The van der Waals surface area contributed by atoms with Crippen molar-refractivity contribution in [3.63, 3.8) is 0 Å². The van der Waals surface area contributed by atoms with Crippen molar-refractivity contribution < 1.29 is 23.9 Å². The van der Waals surface area contributed by atoms with Gasteiger partial charge in [0.1, 0.15) is 0 Å². The van der Waals surface area contributed by atoms with Gasteiger partial charge >= 0.3 is 5.91 Å². The van der Waals surface area contributed by atoms with E-state index in [0.29, 0.717) is 22.6 Å². The zero-order valence-electron chi connectivity index (χ0n) is 12.1. The Morgan fingerprint density at radius 2 is 1.79 bits per heavy atom. The van der Waals surface area contributed by atoms with Crippen molar-refractivity contribution in [3.8, 4) is 22.6 Å². The normalized spacial score (nSPS) is 11.8. The topological polar surface area (TPSA) is 125 Å². The van der Waals surface area contributed by atoms with E-state index in [1.165, 1.54) is 24.3 Å². The first kappa shape index (κ1) is 15.3. The summed E-state index contributed by atoms with van der Waals surface area (Å²) < 4.78 is 10.7. The Morgan fingerprint density at radius 1 is 1.04 bits per heavy atom. The van der Waals surface area contributed by atoms with Crippen molar-refractivity contribution >= 4 is 17.6 Å². The standard InChI is InChI=1S/C16H10N2O6/c17-15(20)8-5-11(14-12(6-8)23-7-24-14)9-3-1-2-4-10(9)13(19)16(21)18-22/h1-6H,7H2,(H2,17,20). The smallest absolute Gasteiger partial charge is 0.357 e. The van der Waals surface area contributed by atoms with Gasteiger partial charge in [0.2, 0.25) is 12.7 Å². The summed E-state index contributed by atoms with van der Waals surface area (Å²) >= 11 is 0. The first-order valence-electron chi connectivity index (χ1n) is 6.77. The highest BCUT2D eigenvalue weighted by Gasteiger charge is 2.26. The van der Waals surface area contributed by atoms with Gasteiger partial charge in [0.05, 0.1) is 0 Å². The lowest BCUT2D eigenvalue weighted by atomic mass is 9.94. The largest absolute Gasteiger partial charge is 0.454 e. The van der Waals surface area contributed by atoms with Crippen molar-refractivity contribution in [3.05, 3.63) is 52.4 Å². The summed E-state index contributed by atoms with van der Waals surface area (Å²) in [6.07, 6.45) is 0. The van der Waals surface area contributed by atoms with Gasteiger partial charge in [-0.3, -0.25) is 14.4 Å². The van der Waals surface area contributed by atoms with Gasteiger partial charge in [0.25, 0.3) is 5.78 Å². The summed E-state index contributed by atoms with van der Waals surface area (Å²) in [6.45, 7) is -0.0600. The monoisotopic (exact) mass is 326 g/mol. The molecule has 24 heavy (non-hydrogen) atoms. The van der Waals surface area contributed by atoms with Gasteiger partial charge in [-0.05, 0) is 17.7 Å². The number of hydrogen-bond acceptors (Lipinski definition) is 6. The molecule has 0 fully saturated rings. The minimum absolute atomic E-state index is 0.0404. The predicted molar refractivity (Wildman–Crippen MR) is 81.7 cm³/mol. The van der Waals surface area contributed by atoms with E-state index in [9.17, 15) is 19.3 Å². The molecule has 2 aromatic rings. The zero-order valence-corrected chi connectivity index (χ0v) is 12.1. The summed E-state index contributed by atoms with van der Waals surface area (Å²) in [4.78, 5) is 45.3. The fraction of sp³-hybridized carbons (Fsp3) is 0.0625. The number of ether oxygens (including phenoxy) is 2. The van der Waals surface area contributed by atoms with Gasteiger partial charge in [-0.15, -0.1) is 4.91 Å². The number of nitrogens with zero attached hydrogens (tertiary/aromatic N) is 1. The first-order valence-corrected chi connectivity index (χ1v) is 6.77. The summed E-state index contributed by atoms with van der Waals surface area (Å²) in [5.41, 5.74) is 6.06. The molecule has 0 bridgehead atoms. The van der Waals surface area contributed by atoms with E-state index in [-0.39, 0.29) is 17.9 Å². The Bertz CT molecular complexity index is 890. The molecule has 0 radical (unpaired) electrons. The molecule has 120 valence electrons. The molecular weight excluding hydrogens is 316 g/mol. The lowest BCUT2D eigenvalue weighted by molar-refractivity contribution is -0.114. The molecule has 0 atom stereocenters. The number of carbonyl (C=O) groups is 3. The average Bonchev–Trinajstić information content (AvgIpc) is 3.08. The van der Waals surface area contributed by atoms with Gasteiger partial charge in [0.15, 0.2) is 11.5 Å². The predicted octanol–water partition coefficient (Wildman–Crippen LogP) is 1.66. The molecule has 8 heteroatoms. The van der Waals surface area contributed by atoms with Crippen LogP contribution in [0.4, 0.5) is 0 Å². The number of ketones is 1. The number of benzene rings is 2. The highest BCUT2D eigenvalue weighted by atomic mass is 16.7. The second-order valence-corrected chi connectivity index (χ2v) is 4.89. The van der Waals surface area contributed by atoms with Crippen molar-refractivity contribution in [2.45, 2.75) is 0 Å². The van der Waals surface area contributed by atoms with Crippen molar-refractivity contribution in [1.82, 2.24) is 0 Å². The van der Waals surface area contributed by atoms with Gasteiger partial charge in [-0.2, -0.15) is 0 Å². The zero-order chi connectivity index (χ0) is 17.3. The quantitative estimate of drug-likeness (QED) is 0.517. The minimum Gasteiger partial charge on any atom is -0.454 e. The maximum atomic E-state index is 12.1. The maximum absolute atomic E-state index is 12.1. The van der Waals surface area contributed by atoms with Crippen molar-refractivity contribution in [2.24, 2.45) is 10.9 Å². The molecule has 2 aromatic carbocycles. The first-order chi connectivity index (χ1) is 11.5. The van der Waals surface area contributed by atoms with Crippen LogP contribution in [0.2, 0.25) is 0 Å². The minimum atomic E-state index is -1.41. The molecule has 0 aromatic heterocycles. The molecule has 0 spiro atoms. The summed E-state index contributed by atoms with van der Waals surface area (Å²) in [7, 11) is 0. The van der Waals surface area contributed by atoms with Crippen LogP contribution >= 0.6 is 0 Å². The van der Waals surface area contributed by atoms with Crippen molar-refractivity contribution in [1.29, 1.82) is 0 Å². The van der Waals surface area contributed by atoms with Crippen LogP contribution < -0.4 is 15.2 Å². The van der Waals surface area contributed by atoms with E-state index in [1.807, 2.05) is 0 Å². The van der Waals surface area contributed by atoms with E-state index in [2.05, 4.69) is 5.18 Å². The molecule has 1 aliphatic rings. The second kappa shape index (κ2) is 5.92. The van der Waals surface area contributed by atoms with E-state index in [4.69, 9.17) is 15.2 Å². The molecule has 0 unspecified atom stereocenters. The van der Waals surface area contributed by atoms with Crippen molar-refractivity contribution in [2.75, 3.05) is 6.79 Å². The molecule has 2 N–H and O–H groups in total. The van der Waals surface area contributed by atoms with Crippen LogP contribution in [0, 0.1) is 4.91 Å². The third kappa shape index (κ3) is 2.50. The van der Waals surface area contributed by atoms with Gasteiger partial charge in [-0.1, -0.05) is 24.3 Å². The number of Topliss-reactive ketones (excluding diaryl/α,β-unsaturated/α-hetero) is 1. The highest BCUT2D eigenvalue weighted by Crippen LogP contribution is 2.43. The number of rotatable bonds is 4. The van der Waals surface area contributed by atoms with Crippen LogP contribution in [0.3, 0.4) is 0 Å². The molecule has 3 rings (SSSR count). The second-order valence-electron chi connectivity index (χ2n) is 4.89. The number of hydrogen-bond donors (Lipinski definition) is 1. The van der Waals surface area contributed by atoms with Crippen LogP contribution in [0.5, 0.6) is 11.5 Å². The molecule has 0 aliphatic carbocycles. The average molecular weight is 326 g/mol. The number of amides is 2. The highest BCUT2D eigenvalue weighted by molar-refractivity contribution is 6.44. The van der Waals surface area contributed by atoms with E-state index >= 15 is 0 Å². The Balaban J connectivity index is 2.24. The molecule has 8 nitrogen and oxygen atoms in total. The molecule has 2 amide bonds. The number of nitroso groups, excluding NO2 is 1. The van der Waals surface area contributed by atoms with Gasteiger partial charge in [-0.25, -0.2) is 0 Å². The van der Waals surface area contributed by atoms with Crippen LogP contribution in [0.1, 0.15) is 20.7 Å². The molecule has 1 aliphatic heterocycles. The van der Waals surface area contributed by atoms with Crippen LogP contribution in [-0.4, -0.2) is 24.4 Å². The van der Waals surface area contributed by atoms with Crippen LogP contribution in [0.25, 0.3) is 11.1 Å². The summed E-state index contributed by atoms with van der Waals surface area (Å²) in [5, 5.41) is 2.15. The van der Waals surface area contributed by atoms with Gasteiger partial charge < -0.3 is 15.2 Å². The lowest BCUT2D eigenvalue weighted by Crippen LogP contribution is -2.13.